The fourth-order valence-corrected chi connectivity index (χ4v) is 3.86. The summed E-state index contributed by atoms with van der Waals surface area (Å²) < 4.78 is 0. The SMILES string of the molecule is Cc1nnc(-c2cnc(Nc3ccc(C(=O)N(C)C)c(C)c3)nc2N)s1.OCCc1ccccc1. The van der Waals surface area contributed by atoms with Crippen LogP contribution in [0, 0.1) is 13.8 Å². The Balaban J connectivity index is 0.000000320. The minimum Gasteiger partial charge on any atom is -0.396 e. The van der Waals surface area contributed by atoms with Gasteiger partial charge in [-0.1, -0.05) is 41.7 Å². The summed E-state index contributed by atoms with van der Waals surface area (Å²) in [5, 5.41) is 21.2. The highest BCUT2D eigenvalue weighted by atomic mass is 32.1. The van der Waals surface area contributed by atoms with Crippen LogP contribution >= 0.6 is 11.3 Å². The molecule has 10 heteroatoms. The van der Waals surface area contributed by atoms with Crippen LogP contribution in [0.3, 0.4) is 0 Å². The van der Waals surface area contributed by atoms with Crippen molar-refractivity contribution in [2.24, 2.45) is 0 Å². The molecule has 0 aliphatic heterocycles. The third kappa shape index (κ3) is 7.05. The van der Waals surface area contributed by atoms with E-state index in [1.807, 2.05) is 56.3 Å². The van der Waals surface area contributed by atoms with Crippen LogP contribution < -0.4 is 11.1 Å². The summed E-state index contributed by atoms with van der Waals surface area (Å²) in [4.78, 5) is 22.2. The number of aliphatic hydroxyl groups is 1. The lowest BCUT2D eigenvalue weighted by Gasteiger charge is -2.14. The van der Waals surface area contributed by atoms with E-state index >= 15 is 0 Å². The van der Waals surface area contributed by atoms with E-state index in [9.17, 15) is 4.79 Å². The Kier molecular flexibility index (Phi) is 8.82. The van der Waals surface area contributed by atoms with Gasteiger partial charge < -0.3 is 21.1 Å². The van der Waals surface area contributed by atoms with E-state index < -0.39 is 0 Å². The van der Waals surface area contributed by atoms with Crippen LogP contribution in [0.25, 0.3) is 10.6 Å². The molecule has 0 saturated heterocycles. The molecule has 0 spiro atoms. The minimum absolute atomic E-state index is 0.0359. The van der Waals surface area contributed by atoms with Crippen molar-refractivity contribution in [1.82, 2.24) is 25.1 Å². The van der Waals surface area contributed by atoms with E-state index in [2.05, 4.69) is 25.5 Å². The second-order valence-corrected chi connectivity index (χ2v) is 9.11. The molecule has 35 heavy (non-hydrogen) atoms. The van der Waals surface area contributed by atoms with E-state index in [-0.39, 0.29) is 12.5 Å². The Labute approximate surface area is 208 Å². The monoisotopic (exact) mass is 491 g/mol. The maximum absolute atomic E-state index is 12.1. The van der Waals surface area contributed by atoms with Gasteiger partial charge in [0.15, 0.2) is 5.01 Å². The number of hydrogen-bond acceptors (Lipinski definition) is 9. The van der Waals surface area contributed by atoms with E-state index in [1.165, 1.54) is 16.9 Å². The normalized spacial score (nSPS) is 10.3. The minimum atomic E-state index is -0.0359. The van der Waals surface area contributed by atoms with Crippen LogP contribution in [0.4, 0.5) is 17.5 Å². The van der Waals surface area contributed by atoms with Gasteiger partial charge in [-0.3, -0.25) is 4.79 Å². The molecule has 4 rings (SSSR count). The number of nitrogens with one attached hydrogen (secondary N) is 1. The number of aryl methyl sites for hydroxylation is 2. The molecule has 0 aliphatic carbocycles. The molecule has 2 aromatic carbocycles. The number of hydrogen-bond donors (Lipinski definition) is 3. The van der Waals surface area contributed by atoms with E-state index in [0.717, 1.165) is 22.7 Å². The molecular weight excluding hydrogens is 462 g/mol. The molecule has 0 aliphatic rings. The molecule has 0 bridgehead atoms. The predicted octanol–water partition coefficient (Wildman–Crippen LogP) is 3.86. The molecule has 2 aromatic heterocycles. The molecule has 0 fully saturated rings. The fraction of sp³-hybridized carbons (Fsp3) is 0.240. The first-order valence-electron chi connectivity index (χ1n) is 11.0. The number of nitrogen functional groups attached to an aromatic ring is 1. The third-order valence-electron chi connectivity index (χ3n) is 4.94. The highest BCUT2D eigenvalue weighted by molar-refractivity contribution is 7.14. The smallest absolute Gasteiger partial charge is 0.253 e. The molecule has 4 N–H and O–H groups in total. The quantitative estimate of drug-likeness (QED) is 0.371. The van der Waals surface area contributed by atoms with Crippen molar-refractivity contribution < 1.29 is 9.90 Å². The first-order valence-corrected chi connectivity index (χ1v) is 11.8. The van der Waals surface area contributed by atoms with Crippen LogP contribution in [-0.4, -0.2) is 56.8 Å². The molecular formula is C25H29N7O2S. The van der Waals surface area contributed by atoms with Crippen molar-refractivity contribution >= 4 is 34.7 Å². The average molecular weight is 492 g/mol. The standard InChI is InChI=1S/C17H19N7OS.C8H10O/c1-9-7-11(5-6-12(9)16(25)24(3)4)20-17-19-8-13(14(18)21-17)15-23-22-10(2)26-15;9-7-6-8-4-2-1-3-5-8/h5-8H,1-4H3,(H3,18,19,20,21);1-5,9H,6-7H2. The van der Waals surface area contributed by atoms with E-state index in [1.54, 1.807) is 31.3 Å². The van der Waals surface area contributed by atoms with Crippen molar-refractivity contribution in [1.29, 1.82) is 0 Å². The Bertz CT molecular complexity index is 1280. The Morgan fingerprint density at radius 3 is 2.43 bits per heavy atom. The van der Waals surface area contributed by atoms with Crippen molar-refractivity contribution in [2.45, 2.75) is 20.3 Å². The van der Waals surface area contributed by atoms with Crippen molar-refractivity contribution in [3.05, 3.63) is 76.4 Å². The van der Waals surface area contributed by atoms with Crippen molar-refractivity contribution in [3.63, 3.8) is 0 Å². The summed E-state index contributed by atoms with van der Waals surface area (Å²) in [6, 6.07) is 15.4. The maximum Gasteiger partial charge on any atom is 0.253 e. The number of aliphatic hydroxyl groups excluding tert-OH is 1. The molecule has 0 atom stereocenters. The largest absolute Gasteiger partial charge is 0.396 e. The lowest BCUT2D eigenvalue weighted by atomic mass is 10.1. The fourth-order valence-electron chi connectivity index (χ4n) is 3.15. The molecule has 182 valence electrons. The lowest BCUT2D eigenvalue weighted by molar-refractivity contribution is 0.0827. The molecule has 0 saturated carbocycles. The summed E-state index contributed by atoms with van der Waals surface area (Å²) in [6.45, 7) is 4.00. The average Bonchev–Trinajstić information content (AvgIpc) is 3.26. The first-order chi connectivity index (χ1) is 16.8. The van der Waals surface area contributed by atoms with Crippen LogP contribution in [0.1, 0.15) is 26.5 Å². The number of rotatable bonds is 6. The van der Waals surface area contributed by atoms with Gasteiger partial charge in [-0.05, 0) is 49.6 Å². The van der Waals surface area contributed by atoms with Crippen LogP contribution in [-0.2, 0) is 6.42 Å². The van der Waals surface area contributed by atoms with E-state index in [4.69, 9.17) is 10.8 Å². The zero-order valence-electron chi connectivity index (χ0n) is 20.2. The molecule has 9 nitrogen and oxygen atoms in total. The van der Waals surface area contributed by atoms with Crippen molar-refractivity contribution in [3.8, 4) is 10.6 Å². The lowest BCUT2D eigenvalue weighted by Crippen LogP contribution is -2.22. The Morgan fingerprint density at radius 1 is 1.11 bits per heavy atom. The molecule has 4 aromatic rings. The van der Waals surface area contributed by atoms with Gasteiger partial charge in [-0.2, -0.15) is 4.98 Å². The Hall–Kier alpha value is -3.89. The number of benzene rings is 2. The summed E-state index contributed by atoms with van der Waals surface area (Å²) in [7, 11) is 3.46. The number of anilines is 3. The van der Waals surface area contributed by atoms with Gasteiger partial charge in [0.25, 0.3) is 5.91 Å². The summed E-state index contributed by atoms with van der Waals surface area (Å²) >= 11 is 1.43. The van der Waals surface area contributed by atoms with Gasteiger partial charge in [0.05, 0.1) is 5.56 Å². The van der Waals surface area contributed by atoms with E-state index in [0.29, 0.717) is 27.9 Å². The van der Waals surface area contributed by atoms with Gasteiger partial charge in [0, 0.05) is 38.1 Å². The van der Waals surface area contributed by atoms with Gasteiger partial charge in [-0.15, -0.1) is 10.2 Å². The molecule has 2 heterocycles. The first kappa shape index (κ1) is 25.7. The van der Waals surface area contributed by atoms with Gasteiger partial charge >= 0.3 is 0 Å². The second-order valence-electron chi connectivity index (χ2n) is 7.93. The van der Waals surface area contributed by atoms with Gasteiger partial charge in [0.2, 0.25) is 5.95 Å². The van der Waals surface area contributed by atoms with Gasteiger partial charge in [0.1, 0.15) is 10.8 Å². The maximum atomic E-state index is 12.1. The highest BCUT2D eigenvalue weighted by Gasteiger charge is 2.13. The Morgan fingerprint density at radius 2 is 1.86 bits per heavy atom. The molecule has 0 radical (unpaired) electrons. The molecule has 1 amide bonds. The zero-order valence-corrected chi connectivity index (χ0v) is 21.0. The van der Waals surface area contributed by atoms with Crippen LogP contribution in [0.5, 0.6) is 0 Å². The molecule has 0 unspecified atom stereocenters. The summed E-state index contributed by atoms with van der Waals surface area (Å²) in [5.41, 5.74) is 10.2. The third-order valence-corrected chi connectivity index (χ3v) is 5.81. The number of carbonyl (C=O) groups is 1. The van der Waals surface area contributed by atoms with Crippen LogP contribution in [0.2, 0.25) is 0 Å². The topological polar surface area (TPSA) is 130 Å². The number of aromatic nitrogens is 4. The number of nitrogens with two attached hydrogens (primary N) is 1. The summed E-state index contributed by atoms with van der Waals surface area (Å²) in [6.07, 6.45) is 2.39. The van der Waals surface area contributed by atoms with Crippen molar-refractivity contribution in [2.75, 3.05) is 31.8 Å². The highest BCUT2D eigenvalue weighted by Crippen LogP contribution is 2.28. The van der Waals surface area contributed by atoms with Gasteiger partial charge in [-0.25, -0.2) is 4.98 Å². The number of carbonyl (C=O) groups excluding carboxylic acids is 1. The second kappa shape index (κ2) is 12.0. The summed E-state index contributed by atoms with van der Waals surface area (Å²) in [5.74, 6) is 0.666. The number of amides is 1. The predicted molar refractivity (Wildman–Crippen MR) is 140 cm³/mol. The number of nitrogens with zero attached hydrogens (tertiary/aromatic N) is 5. The van der Waals surface area contributed by atoms with Crippen LogP contribution in [0.15, 0.2) is 54.7 Å². The zero-order chi connectivity index (χ0) is 25.4.